The highest BCUT2D eigenvalue weighted by molar-refractivity contribution is 5.93. The number of piperazine rings is 1. The fourth-order valence-electron chi connectivity index (χ4n) is 4.06. The van der Waals surface area contributed by atoms with Crippen molar-refractivity contribution in [3.05, 3.63) is 66.0 Å². The van der Waals surface area contributed by atoms with Crippen molar-refractivity contribution in [1.29, 1.82) is 0 Å². The minimum absolute atomic E-state index is 0.00967. The van der Waals surface area contributed by atoms with Crippen molar-refractivity contribution < 1.29 is 9.53 Å². The van der Waals surface area contributed by atoms with Crippen LogP contribution in [0, 0.1) is 13.8 Å². The molecule has 2 aromatic carbocycles. The van der Waals surface area contributed by atoms with Gasteiger partial charge in [0.15, 0.2) is 0 Å². The number of amides is 1. The summed E-state index contributed by atoms with van der Waals surface area (Å²) in [7, 11) is 1.70. The van der Waals surface area contributed by atoms with Crippen molar-refractivity contribution in [3.8, 4) is 11.4 Å². The second-order valence-electron chi connectivity index (χ2n) is 7.78. The molecule has 0 bridgehead atoms. The lowest BCUT2D eigenvalue weighted by Crippen LogP contribution is -2.48. The first-order valence-electron chi connectivity index (χ1n) is 10.6. The van der Waals surface area contributed by atoms with Gasteiger partial charge in [0.05, 0.1) is 42.1 Å². The zero-order valence-electron chi connectivity index (χ0n) is 18.3. The molecule has 0 aliphatic carbocycles. The van der Waals surface area contributed by atoms with Gasteiger partial charge in [-0.1, -0.05) is 30.3 Å². The molecule has 1 aromatic heterocycles. The van der Waals surface area contributed by atoms with E-state index in [-0.39, 0.29) is 5.91 Å². The van der Waals surface area contributed by atoms with Crippen LogP contribution >= 0.6 is 0 Å². The van der Waals surface area contributed by atoms with Gasteiger partial charge in [-0.3, -0.25) is 9.69 Å². The van der Waals surface area contributed by atoms with Crippen molar-refractivity contribution in [2.75, 3.05) is 50.1 Å². The van der Waals surface area contributed by atoms with Crippen LogP contribution in [-0.4, -0.2) is 60.4 Å². The lowest BCUT2D eigenvalue weighted by atomic mass is 10.2. The highest BCUT2D eigenvalue weighted by Crippen LogP contribution is 2.28. The Morgan fingerprint density at radius 2 is 1.68 bits per heavy atom. The number of nitrogens with zero attached hydrogens (tertiary/aromatic N) is 4. The van der Waals surface area contributed by atoms with Crippen LogP contribution in [0.4, 0.5) is 11.4 Å². The largest absolute Gasteiger partial charge is 0.495 e. The van der Waals surface area contributed by atoms with Gasteiger partial charge in [0.1, 0.15) is 5.75 Å². The van der Waals surface area contributed by atoms with Gasteiger partial charge in [-0.25, -0.2) is 4.68 Å². The average molecular weight is 420 g/mol. The maximum atomic E-state index is 12.8. The molecule has 0 atom stereocenters. The van der Waals surface area contributed by atoms with Crippen molar-refractivity contribution in [2.45, 2.75) is 13.8 Å². The number of nitrogens with one attached hydrogen (secondary N) is 1. The number of hydrogen-bond donors (Lipinski definition) is 1. The number of methoxy groups -OCH3 is 1. The quantitative estimate of drug-likeness (QED) is 0.665. The van der Waals surface area contributed by atoms with E-state index in [0.717, 1.165) is 60.4 Å². The first-order valence-corrected chi connectivity index (χ1v) is 10.6. The third-order valence-electron chi connectivity index (χ3n) is 5.72. The normalized spacial score (nSPS) is 14.5. The van der Waals surface area contributed by atoms with Crippen molar-refractivity contribution in [2.24, 2.45) is 0 Å². The van der Waals surface area contributed by atoms with Crippen molar-refractivity contribution in [3.63, 3.8) is 0 Å². The number of para-hydroxylation sites is 3. The third-order valence-corrected chi connectivity index (χ3v) is 5.72. The zero-order chi connectivity index (χ0) is 21.8. The number of carbonyl (C=O) groups is 1. The molecule has 1 saturated heterocycles. The van der Waals surface area contributed by atoms with Gasteiger partial charge in [-0.05, 0) is 38.1 Å². The summed E-state index contributed by atoms with van der Waals surface area (Å²) < 4.78 is 7.36. The molecule has 1 N–H and O–H groups in total. The summed E-state index contributed by atoms with van der Waals surface area (Å²) in [6.07, 6.45) is 0. The SMILES string of the molecule is COc1ccccc1N1CCN(CC(=O)Nc2c(C)nn(-c3ccccc3)c2C)CC1. The minimum Gasteiger partial charge on any atom is -0.495 e. The standard InChI is InChI=1S/C24H29N5O2/c1-18-24(19(2)29(26-18)20-9-5-4-6-10-20)25-23(30)17-27-13-15-28(16-14-27)21-11-7-8-12-22(21)31-3/h4-12H,13-17H2,1-3H3,(H,25,30). The summed E-state index contributed by atoms with van der Waals surface area (Å²) in [6, 6.07) is 18.0. The van der Waals surface area contributed by atoms with E-state index in [1.54, 1.807) is 7.11 Å². The summed E-state index contributed by atoms with van der Waals surface area (Å²) in [4.78, 5) is 17.3. The molecule has 31 heavy (non-hydrogen) atoms. The number of ether oxygens (including phenoxy) is 1. The molecule has 7 heteroatoms. The molecule has 2 heterocycles. The Bertz CT molecular complexity index is 1040. The number of anilines is 2. The monoisotopic (exact) mass is 419 g/mol. The summed E-state index contributed by atoms with van der Waals surface area (Å²) in [5.41, 5.74) is 4.62. The Labute approximate surface area is 183 Å². The van der Waals surface area contributed by atoms with Gasteiger partial charge in [-0.15, -0.1) is 0 Å². The van der Waals surface area contributed by atoms with E-state index in [9.17, 15) is 4.79 Å². The third kappa shape index (κ3) is 4.56. The first-order chi connectivity index (χ1) is 15.1. The van der Waals surface area contributed by atoms with Crippen LogP contribution in [-0.2, 0) is 4.79 Å². The summed E-state index contributed by atoms with van der Waals surface area (Å²) in [6.45, 7) is 7.65. The van der Waals surface area contributed by atoms with E-state index >= 15 is 0 Å². The number of carbonyl (C=O) groups excluding carboxylic acids is 1. The van der Waals surface area contributed by atoms with Crippen LogP contribution in [0.5, 0.6) is 5.75 Å². The van der Waals surface area contributed by atoms with E-state index < -0.39 is 0 Å². The Balaban J connectivity index is 1.36. The van der Waals surface area contributed by atoms with E-state index in [1.165, 1.54) is 0 Å². The van der Waals surface area contributed by atoms with E-state index in [4.69, 9.17) is 4.74 Å². The van der Waals surface area contributed by atoms with Crippen LogP contribution < -0.4 is 15.0 Å². The molecule has 1 fully saturated rings. The second kappa shape index (κ2) is 9.22. The first kappa shape index (κ1) is 20.9. The highest BCUT2D eigenvalue weighted by Gasteiger charge is 2.22. The number of benzene rings is 2. The average Bonchev–Trinajstić information content (AvgIpc) is 3.08. The Morgan fingerprint density at radius 1 is 1.00 bits per heavy atom. The lowest BCUT2D eigenvalue weighted by molar-refractivity contribution is -0.117. The Hall–Kier alpha value is -3.32. The van der Waals surface area contributed by atoms with Gasteiger partial charge in [-0.2, -0.15) is 5.10 Å². The van der Waals surface area contributed by atoms with E-state index in [1.807, 2.05) is 67.1 Å². The van der Waals surface area contributed by atoms with Crippen LogP contribution in [0.1, 0.15) is 11.4 Å². The molecule has 1 amide bonds. The minimum atomic E-state index is -0.00967. The predicted octanol–water partition coefficient (Wildman–Crippen LogP) is 3.26. The molecular weight excluding hydrogens is 390 g/mol. The maximum absolute atomic E-state index is 12.8. The van der Waals surface area contributed by atoms with E-state index in [0.29, 0.717) is 6.54 Å². The van der Waals surface area contributed by atoms with Crippen molar-refractivity contribution in [1.82, 2.24) is 14.7 Å². The molecule has 1 aliphatic rings. The van der Waals surface area contributed by atoms with Crippen LogP contribution in [0.2, 0.25) is 0 Å². The summed E-state index contributed by atoms with van der Waals surface area (Å²) in [5, 5.41) is 7.69. The molecule has 0 radical (unpaired) electrons. The molecule has 7 nitrogen and oxygen atoms in total. The molecule has 0 spiro atoms. The van der Waals surface area contributed by atoms with Gasteiger partial charge >= 0.3 is 0 Å². The number of aromatic nitrogens is 2. The summed E-state index contributed by atoms with van der Waals surface area (Å²) in [5.74, 6) is 0.875. The smallest absolute Gasteiger partial charge is 0.238 e. The fraction of sp³-hybridized carbons (Fsp3) is 0.333. The second-order valence-corrected chi connectivity index (χ2v) is 7.78. The summed E-state index contributed by atoms with van der Waals surface area (Å²) >= 11 is 0. The van der Waals surface area contributed by atoms with Crippen molar-refractivity contribution >= 4 is 17.3 Å². The fourth-order valence-corrected chi connectivity index (χ4v) is 4.06. The van der Waals surface area contributed by atoms with Crippen LogP contribution in [0.15, 0.2) is 54.6 Å². The molecule has 162 valence electrons. The lowest BCUT2D eigenvalue weighted by Gasteiger charge is -2.36. The van der Waals surface area contributed by atoms with Gasteiger partial charge < -0.3 is 15.0 Å². The van der Waals surface area contributed by atoms with Gasteiger partial charge in [0.25, 0.3) is 0 Å². The van der Waals surface area contributed by atoms with Crippen LogP contribution in [0.3, 0.4) is 0 Å². The van der Waals surface area contributed by atoms with Gasteiger partial charge in [0.2, 0.25) is 5.91 Å². The van der Waals surface area contributed by atoms with Gasteiger partial charge in [0, 0.05) is 26.2 Å². The number of rotatable bonds is 6. The molecule has 0 saturated carbocycles. The molecule has 3 aromatic rings. The zero-order valence-corrected chi connectivity index (χ0v) is 18.3. The Kier molecular flexibility index (Phi) is 6.23. The molecule has 4 rings (SSSR count). The topological polar surface area (TPSA) is 62.6 Å². The van der Waals surface area contributed by atoms with E-state index in [2.05, 4.69) is 26.3 Å². The Morgan fingerprint density at radius 3 is 2.39 bits per heavy atom. The maximum Gasteiger partial charge on any atom is 0.238 e. The number of aryl methyl sites for hydroxylation is 1. The predicted molar refractivity (Wildman–Crippen MR) is 123 cm³/mol. The molecule has 0 unspecified atom stereocenters. The van der Waals surface area contributed by atoms with Crippen LogP contribution in [0.25, 0.3) is 5.69 Å². The molecular formula is C24H29N5O2. The number of hydrogen-bond acceptors (Lipinski definition) is 5. The molecule has 1 aliphatic heterocycles. The highest BCUT2D eigenvalue weighted by atomic mass is 16.5.